The van der Waals surface area contributed by atoms with Crippen molar-refractivity contribution >= 4 is 23.1 Å². The fourth-order valence-corrected chi connectivity index (χ4v) is 2.65. The third kappa shape index (κ3) is 1.92. The first kappa shape index (κ1) is 8.78. The second kappa shape index (κ2) is 3.94. The smallest absolute Gasteiger partial charge is 0.0602 e. The zero-order valence-electron chi connectivity index (χ0n) is 7.23. The second-order valence-electron chi connectivity index (χ2n) is 2.56. The van der Waals surface area contributed by atoms with Crippen molar-refractivity contribution in [2.75, 3.05) is 6.26 Å². The molecule has 2 aromatic rings. The molecular weight excluding hydrogens is 198 g/mol. The van der Waals surface area contributed by atoms with E-state index in [4.69, 9.17) is 0 Å². The highest BCUT2D eigenvalue weighted by molar-refractivity contribution is 8.00. The Hall–Kier alpha value is -0.800. The van der Waals surface area contributed by atoms with Crippen LogP contribution in [-0.4, -0.2) is 11.2 Å². The fourth-order valence-electron chi connectivity index (χ4n) is 1.10. The third-order valence-corrected chi connectivity index (χ3v) is 3.96. The van der Waals surface area contributed by atoms with Crippen LogP contribution in [0.1, 0.15) is 0 Å². The van der Waals surface area contributed by atoms with Gasteiger partial charge in [-0.1, -0.05) is 0 Å². The minimum atomic E-state index is 1.25. The molecule has 2 heterocycles. The Balaban J connectivity index is 2.36. The monoisotopic (exact) mass is 207 g/mol. The number of hydrogen-bond acceptors (Lipinski definition) is 3. The second-order valence-corrected chi connectivity index (χ2v) is 4.75. The maximum Gasteiger partial charge on any atom is 0.0602 e. The fraction of sp³-hybridized carbons (Fsp3) is 0.100. The average Bonchev–Trinajstić information content (AvgIpc) is 2.67. The van der Waals surface area contributed by atoms with Crippen molar-refractivity contribution in [1.29, 1.82) is 0 Å². The van der Waals surface area contributed by atoms with Gasteiger partial charge in [0.05, 0.1) is 4.21 Å². The van der Waals surface area contributed by atoms with Crippen molar-refractivity contribution < 1.29 is 0 Å². The lowest BCUT2D eigenvalue weighted by molar-refractivity contribution is 1.33. The van der Waals surface area contributed by atoms with E-state index in [9.17, 15) is 0 Å². The first-order chi connectivity index (χ1) is 6.40. The number of rotatable bonds is 2. The summed E-state index contributed by atoms with van der Waals surface area (Å²) in [5.41, 5.74) is 1.25. The standard InChI is InChI=1S/C10H9NS2/c1-12-10-3-2-9(13-10)8-4-6-11-7-5-8/h2-7H,1H3. The Morgan fingerprint density at radius 1 is 1.15 bits per heavy atom. The molecule has 0 radical (unpaired) electrons. The Labute approximate surface area is 85.8 Å². The molecule has 0 amide bonds. The van der Waals surface area contributed by atoms with Crippen LogP contribution in [0, 0.1) is 0 Å². The zero-order chi connectivity index (χ0) is 9.10. The molecule has 0 fully saturated rings. The van der Waals surface area contributed by atoms with E-state index in [-0.39, 0.29) is 0 Å². The van der Waals surface area contributed by atoms with Crippen LogP contribution >= 0.6 is 23.1 Å². The van der Waals surface area contributed by atoms with E-state index >= 15 is 0 Å². The zero-order valence-corrected chi connectivity index (χ0v) is 8.86. The van der Waals surface area contributed by atoms with Gasteiger partial charge in [0.25, 0.3) is 0 Å². The van der Waals surface area contributed by atoms with Gasteiger partial charge in [-0.05, 0) is 36.1 Å². The minimum absolute atomic E-state index is 1.25. The van der Waals surface area contributed by atoms with Crippen LogP contribution in [0.3, 0.4) is 0 Å². The van der Waals surface area contributed by atoms with Crippen LogP contribution in [0.25, 0.3) is 10.4 Å². The highest BCUT2D eigenvalue weighted by Gasteiger charge is 2.00. The molecule has 0 spiro atoms. The first-order valence-electron chi connectivity index (χ1n) is 3.94. The van der Waals surface area contributed by atoms with Gasteiger partial charge in [-0.15, -0.1) is 23.1 Å². The molecule has 0 bridgehead atoms. The van der Waals surface area contributed by atoms with Gasteiger partial charge < -0.3 is 0 Å². The van der Waals surface area contributed by atoms with Gasteiger partial charge in [0.15, 0.2) is 0 Å². The van der Waals surface area contributed by atoms with Crippen molar-refractivity contribution in [1.82, 2.24) is 4.98 Å². The highest BCUT2D eigenvalue weighted by Crippen LogP contribution is 2.32. The van der Waals surface area contributed by atoms with Crippen molar-refractivity contribution in [2.24, 2.45) is 0 Å². The maximum absolute atomic E-state index is 4.00. The van der Waals surface area contributed by atoms with Crippen molar-refractivity contribution in [3.8, 4) is 10.4 Å². The number of hydrogen-bond donors (Lipinski definition) is 0. The third-order valence-electron chi connectivity index (χ3n) is 1.75. The van der Waals surface area contributed by atoms with E-state index in [2.05, 4.69) is 23.4 Å². The Morgan fingerprint density at radius 3 is 2.54 bits per heavy atom. The number of aromatic nitrogens is 1. The van der Waals surface area contributed by atoms with Crippen LogP contribution in [0.5, 0.6) is 0 Å². The van der Waals surface area contributed by atoms with E-state index in [0.717, 1.165) is 0 Å². The lowest BCUT2D eigenvalue weighted by atomic mass is 10.2. The maximum atomic E-state index is 4.00. The first-order valence-corrected chi connectivity index (χ1v) is 5.98. The molecule has 0 aliphatic heterocycles. The Morgan fingerprint density at radius 2 is 1.92 bits per heavy atom. The predicted molar refractivity (Wildman–Crippen MR) is 59.3 cm³/mol. The lowest BCUT2D eigenvalue weighted by Crippen LogP contribution is -1.71. The van der Waals surface area contributed by atoms with Gasteiger partial charge in [0.2, 0.25) is 0 Å². The van der Waals surface area contributed by atoms with Crippen LogP contribution in [0.15, 0.2) is 40.9 Å². The molecule has 2 aromatic heterocycles. The summed E-state index contributed by atoms with van der Waals surface area (Å²) in [6, 6.07) is 8.39. The van der Waals surface area contributed by atoms with Crippen LogP contribution in [-0.2, 0) is 0 Å². The van der Waals surface area contributed by atoms with Crippen molar-refractivity contribution in [2.45, 2.75) is 4.21 Å². The summed E-state index contributed by atoms with van der Waals surface area (Å²) in [7, 11) is 0. The molecule has 0 unspecified atom stereocenters. The molecule has 0 saturated heterocycles. The molecule has 0 aliphatic carbocycles. The molecule has 0 atom stereocenters. The number of thiophene rings is 1. The largest absolute Gasteiger partial charge is 0.265 e. The summed E-state index contributed by atoms with van der Waals surface area (Å²) < 4.78 is 1.35. The van der Waals surface area contributed by atoms with Crippen LogP contribution < -0.4 is 0 Å². The number of pyridine rings is 1. The molecule has 2 rings (SSSR count). The number of nitrogens with zero attached hydrogens (tertiary/aromatic N) is 1. The van der Waals surface area contributed by atoms with Gasteiger partial charge >= 0.3 is 0 Å². The summed E-state index contributed by atoms with van der Waals surface area (Å²) >= 11 is 3.61. The van der Waals surface area contributed by atoms with E-state index < -0.39 is 0 Å². The number of thioether (sulfide) groups is 1. The molecule has 0 aliphatic rings. The van der Waals surface area contributed by atoms with Crippen molar-refractivity contribution in [3.63, 3.8) is 0 Å². The predicted octanol–water partition coefficient (Wildman–Crippen LogP) is 3.53. The molecule has 13 heavy (non-hydrogen) atoms. The van der Waals surface area contributed by atoms with Gasteiger partial charge in [-0.25, -0.2) is 0 Å². The van der Waals surface area contributed by atoms with Gasteiger partial charge in [-0.2, -0.15) is 0 Å². The Kier molecular flexibility index (Phi) is 2.66. The Bertz CT molecular complexity index is 381. The molecule has 0 saturated carbocycles. The average molecular weight is 207 g/mol. The lowest BCUT2D eigenvalue weighted by Gasteiger charge is -1.93. The van der Waals surface area contributed by atoms with E-state index in [1.807, 2.05) is 35.9 Å². The van der Waals surface area contributed by atoms with E-state index in [1.54, 1.807) is 11.8 Å². The van der Waals surface area contributed by atoms with E-state index in [0.29, 0.717) is 0 Å². The highest BCUT2D eigenvalue weighted by atomic mass is 32.2. The molecular formula is C10H9NS2. The van der Waals surface area contributed by atoms with Crippen LogP contribution in [0.2, 0.25) is 0 Å². The summed E-state index contributed by atoms with van der Waals surface area (Å²) in [5, 5.41) is 0. The minimum Gasteiger partial charge on any atom is -0.265 e. The van der Waals surface area contributed by atoms with Crippen molar-refractivity contribution in [3.05, 3.63) is 36.7 Å². The topological polar surface area (TPSA) is 12.9 Å². The van der Waals surface area contributed by atoms with Gasteiger partial charge in [-0.3, -0.25) is 4.98 Å². The molecule has 0 aromatic carbocycles. The van der Waals surface area contributed by atoms with Gasteiger partial charge in [0, 0.05) is 17.3 Å². The molecule has 0 N–H and O–H groups in total. The normalized spacial score (nSPS) is 10.2. The van der Waals surface area contributed by atoms with Gasteiger partial charge in [0.1, 0.15) is 0 Å². The summed E-state index contributed by atoms with van der Waals surface area (Å²) in [5.74, 6) is 0. The summed E-state index contributed by atoms with van der Waals surface area (Å²) in [4.78, 5) is 5.31. The molecule has 66 valence electrons. The quantitative estimate of drug-likeness (QED) is 0.699. The molecule has 1 nitrogen and oxygen atoms in total. The molecule has 3 heteroatoms. The van der Waals surface area contributed by atoms with E-state index in [1.165, 1.54) is 14.6 Å². The SMILES string of the molecule is CSc1ccc(-c2ccncc2)s1. The summed E-state index contributed by atoms with van der Waals surface area (Å²) in [6.07, 6.45) is 5.75. The summed E-state index contributed by atoms with van der Waals surface area (Å²) in [6.45, 7) is 0. The van der Waals surface area contributed by atoms with Crippen LogP contribution in [0.4, 0.5) is 0 Å².